The summed E-state index contributed by atoms with van der Waals surface area (Å²) in [5, 5.41) is 9.95. The summed E-state index contributed by atoms with van der Waals surface area (Å²) in [6, 6.07) is 3.98. The molecule has 0 bridgehead atoms. The second-order valence-electron chi connectivity index (χ2n) is 6.64. The Labute approximate surface area is 127 Å². The minimum atomic E-state index is 0.279. The van der Waals surface area contributed by atoms with E-state index in [1.807, 2.05) is 6.07 Å². The van der Waals surface area contributed by atoms with E-state index >= 15 is 0 Å². The first-order valence-electron chi connectivity index (χ1n) is 8.26. The van der Waals surface area contributed by atoms with E-state index < -0.39 is 0 Å². The molecule has 21 heavy (non-hydrogen) atoms. The topological polar surface area (TPSA) is 29.5 Å². The third kappa shape index (κ3) is 2.95. The SMILES string of the molecule is C=C1CCCC1CCC1CCCc2cc(O)c(OC)cc21. The Kier molecular flexibility index (Phi) is 4.23. The van der Waals surface area contributed by atoms with E-state index in [1.165, 1.54) is 61.6 Å². The molecule has 1 aromatic carbocycles. The van der Waals surface area contributed by atoms with Gasteiger partial charge in [-0.2, -0.15) is 0 Å². The number of ether oxygens (including phenoxy) is 1. The third-order valence-electron chi connectivity index (χ3n) is 5.37. The number of hydrogen-bond donors (Lipinski definition) is 1. The maximum atomic E-state index is 9.95. The normalized spacial score (nSPS) is 24.9. The van der Waals surface area contributed by atoms with Gasteiger partial charge in [-0.15, -0.1) is 0 Å². The zero-order valence-electron chi connectivity index (χ0n) is 13.0. The van der Waals surface area contributed by atoms with E-state index in [4.69, 9.17) is 4.74 Å². The lowest BCUT2D eigenvalue weighted by molar-refractivity contribution is 0.369. The molecule has 0 aromatic heterocycles. The molecule has 0 radical (unpaired) electrons. The molecule has 1 saturated carbocycles. The van der Waals surface area contributed by atoms with Gasteiger partial charge in [0.2, 0.25) is 0 Å². The van der Waals surface area contributed by atoms with Gasteiger partial charge in [-0.3, -0.25) is 0 Å². The van der Waals surface area contributed by atoms with Crippen molar-refractivity contribution in [1.29, 1.82) is 0 Å². The fourth-order valence-corrected chi connectivity index (χ4v) is 4.12. The summed E-state index contributed by atoms with van der Waals surface area (Å²) in [5.74, 6) is 2.26. The number of aromatic hydroxyl groups is 1. The molecule has 114 valence electrons. The summed E-state index contributed by atoms with van der Waals surface area (Å²) in [7, 11) is 1.63. The van der Waals surface area contributed by atoms with Crippen LogP contribution in [0.1, 0.15) is 62.0 Å². The summed E-state index contributed by atoms with van der Waals surface area (Å²) in [6.45, 7) is 4.23. The number of fused-ring (bicyclic) bond motifs is 1. The zero-order valence-corrected chi connectivity index (χ0v) is 13.0. The number of phenolic OH excluding ortho intramolecular Hbond substituents is 1. The van der Waals surface area contributed by atoms with Crippen molar-refractivity contribution in [3.05, 3.63) is 35.4 Å². The molecule has 2 unspecified atom stereocenters. The average Bonchev–Trinajstić information content (AvgIpc) is 2.89. The summed E-state index contributed by atoms with van der Waals surface area (Å²) in [5.41, 5.74) is 4.18. The fourth-order valence-electron chi connectivity index (χ4n) is 4.12. The molecule has 2 nitrogen and oxygen atoms in total. The Morgan fingerprint density at radius 3 is 2.57 bits per heavy atom. The number of aryl methyl sites for hydroxylation is 1. The first-order valence-corrected chi connectivity index (χ1v) is 8.26. The van der Waals surface area contributed by atoms with Gasteiger partial charge in [0.15, 0.2) is 11.5 Å². The highest BCUT2D eigenvalue weighted by atomic mass is 16.5. The van der Waals surface area contributed by atoms with Crippen LogP contribution in [-0.4, -0.2) is 12.2 Å². The monoisotopic (exact) mass is 286 g/mol. The Hall–Kier alpha value is -1.44. The van der Waals surface area contributed by atoms with Gasteiger partial charge in [-0.25, -0.2) is 0 Å². The summed E-state index contributed by atoms with van der Waals surface area (Å²) >= 11 is 0. The number of rotatable bonds is 4. The van der Waals surface area contributed by atoms with Crippen molar-refractivity contribution < 1.29 is 9.84 Å². The molecule has 2 aliphatic rings. The van der Waals surface area contributed by atoms with Crippen LogP contribution in [-0.2, 0) is 6.42 Å². The van der Waals surface area contributed by atoms with E-state index in [2.05, 4.69) is 12.6 Å². The van der Waals surface area contributed by atoms with Crippen LogP contribution in [0.2, 0.25) is 0 Å². The van der Waals surface area contributed by atoms with Crippen LogP contribution < -0.4 is 4.74 Å². The molecule has 2 heteroatoms. The predicted molar refractivity (Wildman–Crippen MR) is 86.1 cm³/mol. The largest absolute Gasteiger partial charge is 0.504 e. The summed E-state index contributed by atoms with van der Waals surface area (Å²) in [4.78, 5) is 0. The van der Waals surface area contributed by atoms with Gasteiger partial charge in [0.1, 0.15) is 0 Å². The van der Waals surface area contributed by atoms with Crippen LogP contribution >= 0.6 is 0 Å². The van der Waals surface area contributed by atoms with Gasteiger partial charge < -0.3 is 9.84 Å². The van der Waals surface area contributed by atoms with Crippen molar-refractivity contribution >= 4 is 0 Å². The lowest BCUT2D eigenvalue weighted by atomic mass is 9.78. The first kappa shape index (κ1) is 14.5. The highest BCUT2D eigenvalue weighted by Crippen LogP contribution is 2.42. The van der Waals surface area contributed by atoms with Gasteiger partial charge in [-0.05, 0) is 86.5 Å². The van der Waals surface area contributed by atoms with Crippen LogP contribution in [0.4, 0.5) is 0 Å². The summed E-state index contributed by atoms with van der Waals surface area (Å²) in [6.07, 6.45) is 9.98. The molecular weight excluding hydrogens is 260 g/mol. The molecule has 1 fully saturated rings. The van der Waals surface area contributed by atoms with Gasteiger partial charge in [0.05, 0.1) is 7.11 Å². The molecule has 0 saturated heterocycles. The van der Waals surface area contributed by atoms with E-state index in [9.17, 15) is 5.11 Å². The van der Waals surface area contributed by atoms with E-state index in [0.717, 1.165) is 12.3 Å². The van der Waals surface area contributed by atoms with Crippen molar-refractivity contribution in [3.8, 4) is 11.5 Å². The Balaban J connectivity index is 1.75. The molecular formula is C19H26O2. The Morgan fingerprint density at radius 2 is 1.86 bits per heavy atom. The minimum absolute atomic E-state index is 0.279. The number of allylic oxidation sites excluding steroid dienone is 1. The van der Waals surface area contributed by atoms with Crippen LogP contribution in [0.25, 0.3) is 0 Å². The molecule has 1 aromatic rings. The maximum absolute atomic E-state index is 9.95. The van der Waals surface area contributed by atoms with Crippen molar-refractivity contribution in [2.24, 2.45) is 5.92 Å². The fraction of sp³-hybridized carbons (Fsp3) is 0.579. The van der Waals surface area contributed by atoms with Crippen molar-refractivity contribution in [3.63, 3.8) is 0 Å². The van der Waals surface area contributed by atoms with E-state index in [-0.39, 0.29) is 5.75 Å². The Morgan fingerprint density at radius 1 is 1.14 bits per heavy atom. The van der Waals surface area contributed by atoms with Crippen LogP contribution in [0, 0.1) is 5.92 Å². The van der Waals surface area contributed by atoms with Gasteiger partial charge in [0.25, 0.3) is 0 Å². The van der Waals surface area contributed by atoms with Crippen molar-refractivity contribution in [2.45, 2.75) is 57.3 Å². The molecule has 0 amide bonds. The smallest absolute Gasteiger partial charge is 0.160 e. The van der Waals surface area contributed by atoms with Gasteiger partial charge >= 0.3 is 0 Å². The van der Waals surface area contributed by atoms with E-state index in [1.54, 1.807) is 7.11 Å². The molecule has 0 heterocycles. The highest BCUT2D eigenvalue weighted by Gasteiger charge is 2.25. The first-order chi connectivity index (χ1) is 10.2. The molecule has 3 rings (SSSR count). The Bertz CT molecular complexity index is 533. The number of benzene rings is 1. The minimum Gasteiger partial charge on any atom is -0.504 e. The van der Waals surface area contributed by atoms with Gasteiger partial charge in [-0.1, -0.05) is 12.2 Å². The van der Waals surface area contributed by atoms with Crippen LogP contribution in [0.5, 0.6) is 11.5 Å². The highest BCUT2D eigenvalue weighted by molar-refractivity contribution is 5.48. The lowest BCUT2D eigenvalue weighted by Gasteiger charge is -2.27. The second kappa shape index (κ2) is 6.13. The molecule has 0 aliphatic heterocycles. The van der Waals surface area contributed by atoms with Crippen molar-refractivity contribution in [1.82, 2.24) is 0 Å². The second-order valence-corrected chi connectivity index (χ2v) is 6.64. The number of phenols is 1. The third-order valence-corrected chi connectivity index (χ3v) is 5.37. The maximum Gasteiger partial charge on any atom is 0.160 e. The van der Waals surface area contributed by atoms with Crippen LogP contribution in [0.3, 0.4) is 0 Å². The molecule has 1 N–H and O–H groups in total. The molecule has 2 aliphatic carbocycles. The standard InChI is InChI=1S/C19H26O2/c1-13-5-3-6-14(13)9-10-15-7-4-8-16-11-18(20)19(21-2)12-17(15)16/h11-12,14-15,20H,1,3-10H2,2H3. The van der Waals surface area contributed by atoms with Crippen molar-refractivity contribution in [2.75, 3.05) is 7.11 Å². The van der Waals surface area contributed by atoms with Gasteiger partial charge in [0, 0.05) is 0 Å². The predicted octanol–water partition coefficient (Wildman–Crippen LogP) is 4.96. The van der Waals surface area contributed by atoms with E-state index in [0.29, 0.717) is 11.7 Å². The quantitative estimate of drug-likeness (QED) is 0.793. The lowest BCUT2D eigenvalue weighted by Crippen LogP contribution is -2.11. The summed E-state index contributed by atoms with van der Waals surface area (Å²) < 4.78 is 5.29. The average molecular weight is 286 g/mol. The number of hydrogen-bond acceptors (Lipinski definition) is 2. The molecule has 0 spiro atoms. The number of methoxy groups -OCH3 is 1. The molecule has 2 atom stereocenters. The zero-order chi connectivity index (χ0) is 14.8. The van der Waals surface area contributed by atoms with Crippen LogP contribution in [0.15, 0.2) is 24.3 Å².